The van der Waals surface area contributed by atoms with Gasteiger partial charge in [0.1, 0.15) is 11.6 Å². The third-order valence-electron chi connectivity index (χ3n) is 3.09. The Hall–Kier alpha value is -1.78. The normalized spacial score (nSPS) is 10.5. The molecule has 0 aromatic heterocycles. The van der Waals surface area contributed by atoms with Crippen LogP contribution >= 0.6 is 0 Å². The number of aromatic carboxylic acids is 1. The highest BCUT2D eigenvalue weighted by Gasteiger charge is 2.14. The standard InChI is InChI=1S/C15H22FNO3/c1-2-3-4-5-6-7-8-20-14-10-12(16)11(15(18)19)9-13(14)17/h9-10H,2-8,17H2,1H3,(H,18,19). The van der Waals surface area contributed by atoms with Crippen LogP contribution in [-0.2, 0) is 0 Å². The van der Waals surface area contributed by atoms with Crippen LogP contribution in [-0.4, -0.2) is 17.7 Å². The van der Waals surface area contributed by atoms with Crippen LogP contribution in [0.3, 0.4) is 0 Å². The van der Waals surface area contributed by atoms with Gasteiger partial charge in [0, 0.05) is 6.07 Å². The first-order chi connectivity index (χ1) is 9.56. The lowest BCUT2D eigenvalue weighted by Gasteiger charge is -2.10. The molecule has 1 aromatic rings. The lowest BCUT2D eigenvalue weighted by molar-refractivity contribution is 0.0692. The van der Waals surface area contributed by atoms with Crippen LogP contribution in [0.5, 0.6) is 5.75 Å². The summed E-state index contributed by atoms with van der Waals surface area (Å²) in [5, 5.41) is 8.76. The van der Waals surface area contributed by atoms with Gasteiger partial charge in [-0.1, -0.05) is 39.0 Å². The van der Waals surface area contributed by atoms with Crippen molar-refractivity contribution >= 4 is 11.7 Å². The molecule has 0 unspecified atom stereocenters. The number of anilines is 1. The van der Waals surface area contributed by atoms with E-state index in [2.05, 4.69) is 6.92 Å². The molecular formula is C15H22FNO3. The van der Waals surface area contributed by atoms with Crippen molar-refractivity contribution in [2.75, 3.05) is 12.3 Å². The molecule has 0 saturated heterocycles. The van der Waals surface area contributed by atoms with Gasteiger partial charge >= 0.3 is 5.97 Å². The van der Waals surface area contributed by atoms with E-state index in [1.807, 2.05) is 0 Å². The Labute approximate surface area is 118 Å². The highest BCUT2D eigenvalue weighted by molar-refractivity contribution is 5.89. The van der Waals surface area contributed by atoms with Crippen molar-refractivity contribution < 1.29 is 19.0 Å². The zero-order chi connectivity index (χ0) is 15.0. The first-order valence-corrected chi connectivity index (χ1v) is 7.01. The lowest BCUT2D eigenvalue weighted by atomic mass is 10.1. The Morgan fingerprint density at radius 2 is 1.90 bits per heavy atom. The molecule has 4 nitrogen and oxygen atoms in total. The summed E-state index contributed by atoms with van der Waals surface area (Å²) in [6, 6.07) is 2.13. The van der Waals surface area contributed by atoms with E-state index < -0.39 is 17.3 Å². The molecule has 0 spiro atoms. The van der Waals surface area contributed by atoms with E-state index in [9.17, 15) is 9.18 Å². The monoisotopic (exact) mass is 283 g/mol. The molecule has 5 heteroatoms. The van der Waals surface area contributed by atoms with Gasteiger partial charge in [0.15, 0.2) is 0 Å². The van der Waals surface area contributed by atoms with E-state index in [0.717, 1.165) is 25.0 Å². The summed E-state index contributed by atoms with van der Waals surface area (Å²) in [4.78, 5) is 10.7. The number of carboxylic acids is 1. The van der Waals surface area contributed by atoms with Gasteiger partial charge in [-0.2, -0.15) is 0 Å². The molecule has 0 bridgehead atoms. The van der Waals surface area contributed by atoms with Crippen LogP contribution in [0.1, 0.15) is 55.8 Å². The molecule has 1 aromatic carbocycles. The van der Waals surface area contributed by atoms with Crippen LogP contribution in [0.2, 0.25) is 0 Å². The van der Waals surface area contributed by atoms with Crippen molar-refractivity contribution in [3.8, 4) is 5.75 Å². The van der Waals surface area contributed by atoms with Crippen molar-refractivity contribution in [2.24, 2.45) is 0 Å². The van der Waals surface area contributed by atoms with Crippen LogP contribution in [0, 0.1) is 5.82 Å². The Balaban J connectivity index is 2.41. The average Bonchev–Trinajstić information content (AvgIpc) is 2.40. The Kier molecular flexibility index (Phi) is 6.84. The number of ether oxygens (including phenoxy) is 1. The van der Waals surface area contributed by atoms with Gasteiger partial charge in [-0.3, -0.25) is 0 Å². The fourth-order valence-electron chi connectivity index (χ4n) is 1.93. The molecule has 0 saturated carbocycles. The maximum absolute atomic E-state index is 13.5. The third-order valence-corrected chi connectivity index (χ3v) is 3.09. The molecule has 0 aliphatic carbocycles. The van der Waals surface area contributed by atoms with Gasteiger partial charge in [0.25, 0.3) is 0 Å². The number of nitrogen functional groups attached to an aromatic ring is 1. The first kappa shape index (κ1) is 16.3. The van der Waals surface area contributed by atoms with E-state index in [1.165, 1.54) is 25.7 Å². The van der Waals surface area contributed by atoms with Gasteiger partial charge in [0.2, 0.25) is 0 Å². The summed E-state index contributed by atoms with van der Waals surface area (Å²) in [5.74, 6) is -1.96. The molecule has 1 rings (SSSR count). The Bertz CT molecular complexity index is 449. The van der Waals surface area contributed by atoms with Crippen molar-refractivity contribution in [1.82, 2.24) is 0 Å². The second kappa shape index (κ2) is 8.40. The molecule has 3 N–H and O–H groups in total. The predicted molar refractivity (Wildman–Crippen MR) is 76.6 cm³/mol. The number of hydrogen-bond donors (Lipinski definition) is 2. The molecule has 0 heterocycles. The van der Waals surface area contributed by atoms with Crippen molar-refractivity contribution in [2.45, 2.75) is 45.4 Å². The van der Waals surface area contributed by atoms with Crippen LogP contribution < -0.4 is 10.5 Å². The van der Waals surface area contributed by atoms with Crippen molar-refractivity contribution in [3.63, 3.8) is 0 Å². The second-order valence-electron chi connectivity index (χ2n) is 4.79. The molecule has 0 amide bonds. The summed E-state index contributed by atoms with van der Waals surface area (Å²) >= 11 is 0. The minimum atomic E-state index is -1.34. The van der Waals surface area contributed by atoms with E-state index in [4.69, 9.17) is 15.6 Å². The van der Waals surface area contributed by atoms with Gasteiger partial charge < -0.3 is 15.6 Å². The molecular weight excluding hydrogens is 261 g/mol. The third kappa shape index (κ3) is 5.07. The summed E-state index contributed by atoms with van der Waals surface area (Å²) in [5.41, 5.74) is 5.37. The number of carboxylic acid groups (broad SMARTS) is 1. The van der Waals surface area contributed by atoms with E-state index in [0.29, 0.717) is 6.61 Å². The molecule has 0 aliphatic heterocycles. The topological polar surface area (TPSA) is 72.5 Å². The minimum absolute atomic E-state index is 0.148. The highest BCUT2D eigenvalue weighted by Crippen LogP contribution is 2.25. The number of carbonyl (C=O) groups is 1. The second-order valence-corrected chi connectivity index (χ2v) is 4.79. The smallest absolute Gasteiger partial charge is 0.338 e. The maximum atomic E-state index is 13.5. The van der Waals surface area contributed by atoms with Gasteiger partial charge in [-0.05, 0) is 12.5 Å². The average molecular weight is 283 g/mol. The van der Waals surface area contributed by atoms with E-state index in [-0.39, 0.29) is 11.4 Å². The van der Waals surface area contributed by atoms with Gasteiger partial charge in [0.05, 0.1) is 17.9 Å². The van der Waals surface area contributed by atoms with Crippen molar-refractivity contribution in [3.05, 3.63) is 23.5 Å². The van der Waals surface area contributed by atoms with Crippen LogP contribution in [0.15, 0.2) is 12.1 Å². The summed E-state index contributed by atoms with van der Waals surface area (Å²) in [6.07, 6.45) is 6.79. The van der Waals surface area contributed by atoms with Crippen molar-refractivity contribution in [1.29, 1.82) is 0 Å². The molecule has 112 valence electrons. The molecule has 0 fully saturated rings. The molecule has 0 aliphatic rings. The predicted octanol–water partition coefficient (Wildman–Crippen LogP) is 3.85. The fraction of sp³-hybridized carbons (Fsp3) is 0.533. The summed E-state index contributed by atoms with van der Waals surface area (Å²) < 4.78 is 18.9. The quantitative estimate of drug-likeness (QED) is 0.533. The first-order valence-electron chi connectivity index (χ1n) is 7.01. The number of rotatable bonds is 9. The number of benzene rings is 1. The molecule has 0 atom stereocenters. The van der Waals surface area contributed by atoms with Gasteiger partial charge in [-0.15, -0.1) is 0 Å². The maximum Gasteiger partial charge on any atom is 0.338 e. The van der Waals surface area contributed by atoms with E-state index >= 15 is 0 Å². The largest absolute Gasteiger partial charge is 0.491 e. The number of nitrogens with two attached hydrogens (primary N) is 1. The SMILES string of the molecule is CCCCCCCCOc1cc(F)c(C(=O)O)cc1N. The van der Waals surface area contributed by atoms with E-state index in [1.54, 1.807) is 0 Å². The fourth-order valence-corrected chi connectivity index (χ4v) is 1.93. The Morgan fingerprint density at radius 3 is 2.55 bits per heavy atom. The van der Waals surface area contributed by atoms with Crippen LogP contribution in [0.4, 0.5) is 10.1 Å². The number of hydrogen-bond acceptors (Lipinski definition) is 3. The summed E-state index contributed by atoms with van der Waals surface area (Å²) in [7, 11) is 0. The summed E-state index contributed by atoms with van der Waals surface area (Å²) in [6.45, 7) is 2.63. The zero-order valence-corrected chi connectivity index (χ0v) is 11.8. The molecule has 0 radical (unpaired) electrons. The zero-order valence-electron chi connectivity index (χ0n) is 11.8. The Morgan fingerprint density at radius 1 is 1.25 bits per heavy atom. The highest BCUT2D eigenvalue weighted by atomic mass is 19.1. The molecule has 20 heavy (non-hydrogen) atoms. The van der Waals surface area contributed by atoms with Gasteiger partial charge in [-0.25, -0.2) is 9.18 Å². The number of halogens is 1. The lowest BCUT2D eigenvalue weighted by Crippen LogP contribution is -2.06. The number of unbranched alkanes of at least 4 members (excludes halogenated alkanes) is 5. The minimum Gasteiger partial charge on any atom is -0.491 e. The van der Waals surface area contributed by atoms with Crippen LogP contribution in [0.25, 0.3) is 0 Å².